The molecule has 1 N–H and O–H groups in total. The molecule has 2 unspecified atom stereocenters. The molecule has 1 aromatic carbocycles. The third kappa shape index (κ3) is 3.19. The van der Waals surface area contributed by atoms with E-state index in [-0.39, 0.29) is 36.3 Å². The van der Waals surface area contributed by atoms with Crippen molar-refractivity contribution in [2.45, 2.75) is 39.7 Å². The highest BCUT2D eigenvalue weighted by atomic mass is 19.1. The first-order chi connectivity index (χ1) is 10.2. The van der Waals surface area contributed by atoms with Crippen LogP contribution in [0.4, 0.5) is 4.39 Å². The zero-order valence-electron chi connectivity index (χ0n) is 13.2. The van der Waals surface area contributed by atoms with Crippen LogP contribution in [0.25, 0.3) is 0 Å². The molecule has 22 heavy (non-hydrogen) atoms. The van der Waals surface area contributed by atoms with Gasteiger partial charge in [0.15, 0.2) is 0 Å². The van der Waals surface area contributed by atoms with Crippen LogP contribution in [-0.2, 0) is 9.59 Å². The van der Waals surface area contributed by atoms with E-state index in [1.54, 1.807) is 13.0 Å². The number of benzene rings is 1. The van der Waals surface area contributed by atoms with E-state index in [0.717, 1.165) is 4.90 Å². The molecule has 1 saturated heterocycles. The van der Waals surface area contributed by atoms with Crippen LogP contribution in [0.2, 0.25) is 0 Å². The van der Waals surface area contributed by atoms with E-state index in [1.807, 2.05) is 13.8 Å². The zero-order chi connectivity index (χ0) is 16.5. The molecular formula is C17H22FNO3. The summed E-state index contributed by atoms with van der Waals surface area (Å²) in [5.74, 6) is -0.831. The van der Waals surface area contributed by atoms with Crippen molar-refractivity contribution in [2.24, 2.45) is 11.3 Å². The van der Waals surface area contributed by atoms with Crippen molar-refractivity contribution >= 4 is 11.8 Å². The minimum atomic E-state index is -1.21. The number of imide groups is 1. The fourth-order valence-electron chi connectivity index (χ4n) is 3.21. The quantitative estimate of drug-likeness (QED) is 0.851. The van der Waals surface area contributed by atoms with Crippen LogP contribution < -0.4 is 0 Å². The molecule has 4 nitrogen and oxygen atoms in total. The molecule has 1 fully saturated rings. The minimum Gasteiger partial charge on any atom is -0.386 e. The first-order valence-electron chi connectivity index (χ1n) is 7.52. The van der Waals surface area contributed by atoms with Crippen molar-refractivity contribution in [1.82, 2.24) is 4.90 Å². The van der Waals surface area contributed by atoms with Crippen LogP contribution in [-0.4, -0.2) is 28.4 Å². The Kier molecular flexibility index (Phi) is 4.66. The second-order valence-electron chi connectivity index (χ2n) is 6.68. The van der Waals surface area contributed by atoms with E-state index in [2.05, 4.69) is 0 Å². The molecule has 1 heterocycles. The predicted molar refractivity (Wildman–Crippen MR) is 80.3 cm³/mol. The van der Waals surface area contributed by atoms with Gasteiger partial charge in [-0.05, 0) is 18.4 Å². The van der Waals surface area contributed by atoms with E-state index < -0.39 is 17.3 Å². The summed E-state index contributed by atoms with van der Waals surface area (Å²) in [4.78, 5) is 25.7. The third-order valence-corrected chi connectivity index (χ3v) is 4.08. The summed E-state index contributed by atoms with van der Waals surface area (Å²) in [6.07, 6.45) is -0.451. The van der Waals surface area contributed by atoms with Crippen LogP contribution in [0.15, 0.2) is 24.3 Å². The Morgan fingerprint density at radius 3 is 2.55 bits per heavy atom. The van der Waals surface area contributed by atoms with Gasteiger partial charge < -0.3 is 5.11 Å². The normalized spacial score (nSPS) is 23.5. The molecule has 5 heteroatoms. The molecule has 0 spiro atoms. The Bertz CT molecular complexity index is 587. The molecule has 2 atom stereocenters. The summed E-state index contributed by atoms with van der Waals surface area (Å²) in [6, 6.07) is 5.84. The molecule has 2 rings (SSSR count). The number of amides is 2. The monoisotopic (exact) mass is 307 g/mol. The topological polar surface area (TPSA) is 57.6 Å². The summed E-state index contributed by atoms with van der Waals surface area (Å²) in [6.45, 7) is 5.58. The number of hydrogen-bond acceptors (Lipinski definition) is 3. The van der Waals surface area contributed by atoms with Crippen molar-refractivity contribution in [1.29, 1.82) is 0 Å². The van der Waals surface area contributed by atoms with Crippen molar-refractivity contribution < 1.29 is 19.1 Å². The van der Waals surface area contributed by atoms with Gasteiger partial charge in [-0.2, -0.15) is 0 Å². The summed E-state index contributed by atoms with van der Waals surface area (Å²) in [5, 5.41) is 10.2. The number of rotatable bonds is 5. The van der Waals surface area contributed by atoms with Gasteiger partial charge in [0, 0.05) is 12.0 Å². The maximum atomic E-state index is 13.7. The van der Waals surface area contributed by atoms with Gasteiger partial charge in [0.05, 0.1) is 18.1 Å². The first-order valence-corrected chi connectivity index (χ1v) is 7.52. The lowest BCUT2D eigenvalue weighted by molar-refractivity contribution is -0.143. The Morgan fingerprint density at radius 2 is 1.95 bits per heavy atom. The van der Waals surface area contributed by atoms with Crippen LogP contribution >= 0.6 is 0 Å². The fourth-order valence-corrected chi connectivity index (χ4v) is 3.21. The predicted octanol–water partition coefficient (Wildman–Crippen LogP) is 2.67. The van der Waals surface area contributed by atoms with Gasteiger partial charge in [0.2, 0.25) is 11.8 Å². The fraction of sp³-hybridized carbons (Fsp3) is 0.529. The molecule has 1 aliphatic heterocycles. The van der Waals surface area contributed by atoms with Crippen LogP contribution in [0.1, 0.15) is 45.3 Å². The first kappa shape index (κ1) is 16.6. The Labute approximate surface area is 129 Å². The Morgan fingerprint density at radius 1 is 1.32 bits per heavy atom. The van der Waals surface area contributed by atoms with Gasteiger partial charge in [-0.25, -0.2) is 4.39 Å². The van der Waals surface area contributed by atoms with Crippen LogP contribution in [0.3, 0.4) is 0 Å². The zero-order valence-corrected chi connectivity index (χ0v) is 13.2. The van der Waals surface area contributed by atoms with Gasteiger partial charge in [0.1, 0.15) is 5.82 Å². The molecule has 0 saturated carbocycles. The Balaban J connectivity index is 2.15. The second kappa shape index (κ2) is 6.16. The molecule has 0 aromatic heterocycles. The number of hydrogen-bond donors (Lipinski definition) is 1. The van der Waals surface area contributed by atoms with E-state index in [4.69, 9.17) is 0 Å². The summed E-state index contributed by atoms with van der Waals surface area (Å²) < 4.78 is 13.7. The summed E-state index contributed by atoms with van der Waals surface area (Å²) in [7, 11) is 0. The number of β-amino-alcohol motifs (C(OH)–C–C–N with tert-alkyl or cyclic N) is 1. The van der Waals surface area contributed by atoms with Gasteiger partial charge in [-0.15, -0.1) is 0 Å². The summed E-state index contributed by atoms with van der Waals surface area (Å²) >= 11 is 0. The SMILES string of the molecule is CC(C)CC1(C)CC(=O)N(CC(O)c2ccccc2F)C1=O. The number of aliphatic hydroxyl groups excluding tert-OH is 1. The van der Waals surface area contributed by atoms with Crippen molar-refractivity contribution in [2.75, 3.05) is 6.54 Å². The van der Waals surface area contributed by atoms with E-state index in [0.29, 0.717) is 6.42 Å². The highest BCUT2D eigenvalue weighted by Gasteiger charge is 2.48. The second-order valence-corrected chi connectivity index (χ2v) is 6.68. The number of halogens is 1. The standard InChI is InChI=1S/C17H22FNO3/c1-11(2)8-17(3)9-15(21)19(16(17)22)10-14(20)12-6-4-5-7-13(12)18/h4-7,11,14,20H,8-10H2,1-3H3. The molecule has 1 aromatic rings. The molecule has 0 aliphatic carbocycles. The average Bonchev–Trinajstić information content (AvgIpc) is 2.61. The molecule has 120 valence electrons. The minimum absolute atomic E-state index is 0.0977. The number of likely N-dealkylation sites (tertiary alicyclic amines) is 1. The highest BCUT2D eigenvalue weighted by molar-refractivity contribution is 6.05. The van der Waals surface area contributed by atoms with Crippen molar-refractivity contribution in [3.05, 3.63) is 35.6 Å². The molecule has 0 radical (unpaired) electrons. The van der Waals surface area contributed by atoms with Crippen LogP contribution in [0, 0.1) is 17.2 Å². The molecule has 0 bridgehead atoms. The summed E-state index contributed by atoms with van der Waals surface area (Å²) in [5.41, 5.74) is -0.624. The third-order valence-electron chi connectivity index (χ3n) is 4.08. The number of aliphatic hydroxyl groups is 1. The lowest BCUT2D eigenvalue weighted by Crippen LogP contribution is -2.37. The largest absolute Gasteiger partial charge is 0.386 e. The van der Waals surface area contributed by atoms with Gasteiger partial charge >= 0.3 is 0 Å². The van der Waals surface area contributed by atoms with Crippen molar-refractivity contribution in [3.8, 4) is 0 Å². The number of carbonyl (C=O) groups is 2. The maximum absolute atomic E-state index is 13.7. The smallest absolute Gasteiger partial charge is 0.235 e. The molecular weight excluding hydrogens is 285 g/mol. The van der Waals surface area contributed by atoms with Gasteiger partial charge in [-0.3, -0.25) is 14.5 Å². The van der Waals surface area contributed by atoms with Gasteiger partial charge in [0.25, 0.3) is 0 Å². The van der Waals surface area contributed by atoms with Crippen molar-refractivity contribution in [3.63, 3.8) is 0 Å². The molecule has 1 aliphatic rings. The lowest BCUT2D eigenvalue weighted by Gasteiger charge is -2.25. The highest BCUT2D eigenvalue weighted by Crippen LogP contribution is 2.39. The van der Waals surface area contributed by atoms with E-state index in [9.17, 15) is 19.1 Å². The Hall–Kier alpha value is -1.75. The number of carbonyl (C=O) groups excluding carboxylic acids is 2. The van der Waals surface area contributed by atoms with Crippen LogP contribution in [0.5, 0.6) is 0 Å². The average molecular weight is 307 g/mol. The van der Waals surface area contributed by atoms with E-state index in [1.165, 1.54) is 18.2 Å². The molecule has 2 amide bonds. The maximum Gasteiger partial charge on any atom is 0.235 e. The number of nitrogens with zero attached hydrogens (tertiary/aromatic N) is 1. The van der Waals surface area contributed by atoms with Gasteiger partial charge in [-0.1, -0.05) is 39.0 Å². The lowest BCUT2D eigenvalue weighted by atomic mass is 9.80. The van der Waals surface area contributed by atoms with E-state index >= 15 is 0 Å².